The third-order valence-corrected chi connectivity index (χ3v) is 1.44. The zero-order chi connectivity index (χ0) is 10.0. The van der Waals surface area contributed by atoms with Gasteiger partial charge in [0, 0.05) is 0 Å². The first kappa shape index (κ1) is 9.63. The topological polar surface area (TPSA) is 48.1 Å². The minimum Gasteiger partial charge on any atom is -0.491 e. The first-order valence-corrected chi connectivity index (χ1v) is 3.34. The van der Waals surface area contributed by atoms with Gasteiger partial charge in [0.1, 0.15) is 5.69 Å². The van der Waals surface area contributed by atoms with Crippen LogP contribution < -0.4 is 10.5 Å². The van der Waals surface area contributed by atoms with E-state index in [4.69, 9.17) is 5.73 Å². The Bertz CT molecular complexity index is 317. The van der Waals surface area contributed by atoms with Crippen LogP contribution in [0.2, 0.25) is 0 Å². The van der Waals surface area contributed by atoms with E-state index >= 15 is 0 Å². The van der Waals surface area contributed by atoms with Gasteiger partial charge in [-0.3, -0.25) is 0 Å². The smallest absolute Gasteiger partial charge is 0.283 e. The zero-order valence-corrected chi connectivity index (χ0v) is 6.72. The van der Waals surface area contributed by atoms with E-state index in [0.29, 0.717) is 0 Å². The third-order valence-electron chi connectivity index (χ3n) is 1.44. The molecule has 13 heavy (non-hydrogen) atoms. The van der Waals surface area contributed by atoms with Gasteiger partial charge < -0.3 is 10.5 Å². The fourth-order valence-corrected chi connectivity index (χ4v) is 0.857. The first-order chi connectivity index (χ1) is 6.07. The van der Waals surface area contributed by atoms with Crippen molar-refractivity contribution in [2.45, 2.75) is 6.43 Å². The fraction of sp³-hybridized carbons (Fsp3) is 0.286. The van der Waals surface area contributed by atoms with Crippen LogP contribution >= 0.6 is 0 Å². The van der Waals surface area contributed by atoms with Crippen molar-refractivity contribution in [2.75, 3.05) is 12.8 Å². The molecule has 6 heteroatoms. The maximum Gasteiger partial charge on any atom is 0.283 e. The predicted octanol–water partition coefficient (Wildman–Crippen LogP) is 1.75. The van der Waals surface area contributed by atoms with Crippen molar-refractivity contribution in [2.24, 2.45) is 0 Å². The van der Waals surface area contributed by atoms with Crippen LogP contribution in [0.5, 0.6) is 5.75 Å². The summed E-state index contributed by atoms with van der Waals surface area (Å²) in [7, 11) is 1.14. The number of nitrogen functional groups attached to an aromatic ring is 1. The summed E-state index contributed by atoms with van der Waals surface area (Å²) in [6.07, 6.45) is -2.04. The Hall–Kier alpha value is -1.46. The predicted molar refractivity (Wildman–Crippen MR) is 40.1 cm³/mol. The van der Waals surface area contributed by atoms with Crippen molar-refractivity contribution in [3.8, 4) is 5.75 Å². The number of pyridine rings is 1. The summed E-state index contributed by atoms with van der Waals surface area (Å²) in [4.78, 5) is 3.16. The molecule has 0 aliphatic heterocycles. The van der Waals surface area contributed by atoms with Crippen LogP contribution in [-0.2, 0) is 0 Å². The number of anilines is 1. The second kappa shape index (κ2) is 3.51. The van der Waals surface area contributed by atoms with Gasteiger partial charge in [0.05, 0.1) is 19.0 Å². The van der Waals surface area contributed by atoms with Gasteiger partial charge >= 0.3 is 0 Å². The van der Waals surface area contributed by atoms with E-state index in [9.17, 15) is 13.2 Å². The average Bonchev–Trinajstić information content (AvgIpc) is 2.04. The number of hydrogen-bond acceptors (Lipinski definition) is 3. The number of aromatic nitrogens is 1. The Morgan fingerprint density at radius 1 is 1.54 bits per heavy atom. The minimum absolute atomic E-state index is 0.107. The fourth-order valence-electron chi connectivity index (χ4n) is 0.857. The number of ether oxygens (including phenoxy) is 1. The molecule has 1 aromatic heterocycles. The molecule has 0 atom stereocenters. The molecule has 0 bridgehead atoms. The molecule has 0 aromatic carbocycles. The highest BCUT2D eigenvalue weighted by Gasteiger charge is 2.20. The molecule has 0 aliphatic carbocycles. The van der Waals surface area contributed by atoms with Crippen molar-refractivity contribution in [3.63, 3.8) is 0 Å². The summed E-state index contributed by atoms with van der Waals surface area (Å²) in [5.41, 5.74) is 4.17. The molecule has 72 valence electrons. The highest BCUT2D eigenvalue weighted by molar-refractivity contribution is 5.52. The van der Waals surface area contributed by atoms with E-state index in [0.717, 1.165) is 13.3 Å². The Labute approximate surface area is 72.3 Å². The Morgan fingerprint density at radius 2 is 2.15 bits per heavy atom. The van der Waals surface area contributed by atoms with Crippen LogP contribution in [0.1, 0.15) is 12.1 Å². The molecule has 1 rings (SSSR count). The molecule has 0 spiro atoms. The largest absolute Gasteiger partial charge is 0.491 e. The standard InChI is InChI=1S/C7H7F3N2O/c1-13-6-3(11)2-12-5(4(6)8)7(9)10/h2,7H,11H2,1H3. The lowest BCUT2D eigenvalue weighted by Crippen LogP contribution is -2.02. The van der Waals surface area contributed by atoms with Crippen LogP contribution in [0.3, 0.4) is 0 Å². The second-order valence-corrected chi connectivity index (χ2v) is 2.25. The van der Waals surface area contributed by atoms with E-state index in [1.807, 2.05) is 0 Å². The van der Waals surface area contributed by atoms with E-state index in [2.05, 4.69) is 9.72 Å². The number of methoxy groups -OCH3 is 1. The highest BCUT2D eigenvalue weighted by atomic mass is 19.3. The lowest BCUT2D eigenvalue weighted by atomic mass is 10.3. The van der Waals surface area contributed by atoms with Crippen molar-refractivity contribution >= 4 is 5.69 Å². The van der Waals surface area contributed by atoms with Crippen LogP contribution in [0.4, 0.5) is 18.9 Å². The van der Waals surface area contributed by atoms with Gasteiger partial charge in [0.2, 0.25) is 0 Å². The maximum absolute atomic E-state index is 13.0. The van der Waals surface area contributed by atoms with Crippen LogP contribution in [0.25, 0.3) is 0 Å². The number of nitrogens with zero attached hydrogens (tertiary/aromatic N) is 1. The van der Waals surface area contributed by atoms with Gasteiger partial charge in [0.25, 0.3) is 6.43 Å². The number of hydrogen-bond donors (Lipinski definition) is 1. The number of alkyl halides is 2. The van der Waals surface area contributed by atoms with Crippen molar-refractivity contribution in [3.05, 3.63) is 17.7 Å². The van der Waals surface area contributed by atoms with Gasteiger partial charge in [-0.1, -0.05) is 0 Å². The summed E-state index contributed by atoms with van der Waals surface area (Å²) in [6.45, 7) is 0. The van der Waals surface area contributed by atoms with E-state index < -0.39 is 23.7 Å². The zero-order valence-electron chi connectivity index (χ0n) is 6.72. The van der Waals surface area contributed by atoms with Gasteiger partial charge in [-0.05, 0) is 0 Å². The van der Waals surface area contributed by atoms with Gasteiger partial charge in [0.15, 0.2) is 11.6 Å². The Balaban J connectivity index is 3.27. The summed E-state index contributed by atoms with van der Waals surface area (Å²) < 4.78 is 41.7. The summed E-state index contributed by atoms with van der Waals surface area (Å²) in [6, 6.07) is 0. The molecule has 0 saturated carbocycles. The monoisotopic (exact) mass is 192 g/mol. The van der Waals surface area contributed by atoms with E-state index in [1.165, 1.54) is 0 Å². The molecular formula is C7H7F3N2O. The van der Waals surface area contributed by atoms with E-state index in [-0.39, 0.29) is 5.69 Å². The molecule has 0 aliphatic rings. The molecule has 1 heterocycles. The van der Waals surface area contributed by atoms with Crippen LogP contribution in [0, 0.1) is 5.82 Å². The first-order valence-electron chi connectivity index (χ1n) is 3.34. The summed E-state index contributed by atoms with van der Waals surface area (Å²) >= 11 is 0. The van der Waals surface area contributed by atoms with Gasteiger partial charge in [-0.2, -0.15) is 0 Å². The molecule has 0 fully saturated rings. The minimum atomic E-state index is -2.98. The van der Waals surface area contributed by atoms with Gasteiger partial charge in [-0.25, -0.2) is 18.2 Å². The molecule has 2 N–H and O–H groups in total. The Kier molecular flexibility index (Phi) is 2.60. The molecule has 0 amide bonds. The van der Waals surface area contributed by atoms with Crippen molar-refractivity contribution in [1.29, 1.82) is 0 Å². The van der Waals surface area contributed by atoms with Crippen molar-refractivity contribution in [1.82, 2.24) is 4.98 Å². The molecule has 0 saturated heterocycles. The average molecular weight is 192 g/mol. The number of rotatable bonds is 2. The normalized spacial score (nSPS) is 10.5. The molecule has 3 nitrogen and oxygen atoms in total. The highest BCUT2D eigenvalue weighted by Crippen LogP contribution is 2.30. The number of nitrogens with two attached hydrogens (primary N) is 1. The summed E-state index contributed by atoms with van der Waals surface area (Å²) in [5.74, 6) is -1.61. The number of halogens is 3. The lowest BCUT2D eigenvalue weighted by Gasteiger charge is -2.07. The van der Waals surface area contributed by atoms with Crippen LogP contribution in [-0.4, -0.2) is 12.1 Å². The lowest BCUT2D eigenvalue weighted by molar-refractivity contribution is 0.139. The molecule has 1 aromatic rings. The Morgan fingerprint density at radius 3 is 2.62 bits per heavy atom. The van der Waals surface area contributed by atoms with Crippen LogP contribution in [0.15, 0.2) is 6.20 Å². The maximum atomic E-state index is 13.0. The quantitative estimate of drug-likeness (QED) is 0.776. The molecular weight excluding hydrogens is 185 g/mol. The van der Waals surface area contributed by atoms with Gasteiger partial charge in [-0.15, -0.1) is 0 Å². The third kappa shape index (κ3) is 1.66. The SMILES string of the molecule is COc1c(N)cnc(C(F)F)c1F. The molecule has 0 unspecified atom stereocenters. The van der Waals surface area contributed by atoms with Crippen molar-refractivity contribution < 1.29 is 17.9 Å². The second-order valence-electron chi connectivity index (χ2n) is 2.25. The summed E-state index contributed by atoms with van der Waals surface area (Å²) in [5, 5.41) is 0. The molecule has 0 radical (unpaired) electrons. The van der Waals surface area contributed by atoms with E-state index in [1.54, 1.807) is 0 Å².